The maximum atomic E-state index is 15.1. The molecule has 3 nitrogen and oxygen atoms in total. The zero-order valence-corrected chi connectivity index (χ0v) is 21.2. The molecule has 32 heavy (non-hydrogen) atoms. The van der Waals surface area contributed by atoms with Gasteiger partial charge in [0.1, 0.15) is 11.5 Å². The first-order valence-corrected chi connectivity index (χ1v) is 12.3. The summed E-state index contributed by atoms with van der Waals surface area (Å²) in [6, 6.07) is 3.11. The number of ether oxygens (including phenoxy) is 2. The minimum absolute atomic E-state index is 0.0168. The predicted octanol–water partition coefficient (Wildman–Crippen LogP) is 8.11. The lowest BCUT2D eigenvalue weighted by Crippen LogP contribution is -2.41. The highest BCUT2D eigenvalue weighted by atomic mass is 19.3. The van der Waals surface area contributed by atoms with Crippen molar-refractivity contribution in [3.05, 3.63) is 23.3 Å². The van der Waals surface area contributed by atoms with Crippen LogP contribution in [-0.4, -0.2) is 23.9 Å². The number of phenolic OH excluding ortho intramolecular Hbond substituents is 1. The highest BCUT2D eigenvalue weighted by Gasteiger charge is 2.45. The second-order valence-corrected chi connectivity index (χ2v) is 11.5. The largest absolute Gasteiger partial charge is 0.507 e. The van der Waals surface area contributed by atoms with Gasteiger partial charge in [0.25, 0.3) is 0 Å². The lowest BCUT2D eigenvalue weighted by molar-refractivity contribution is -0.241. The third-order valence-corrected chi connectivity index (χ3v) is 6.43. The summed E-state index contributed by atoms with van der Waals surface area (Å²) in [6.07, 6.45) is 4.72. The molecule has 1 aromatic rings. The van der Waals surface area contributed by atoms with Crippen LogP contribution < -0.4 is 4.74 Å². The molecule has 0 amide bonds. The van der Waals surface area contributed by atoms with E-state index in [1.54, 1.807) is 12.1 Å². The number of unbranched alkanes of at least 4 members (excludes halogenated alkanes) is 4. The van der Waals surface area contributed by atoms with Gasteiger partial charge in [-0.15, -0.1) is 0 Å². The van der Waals surface area contributed by atoms with E-state index in [2.05, 4.69) is 6.92 Å². The van der Waals surface area contributed by atoms with E-state index < -0.39 is 22.9 Å². The van der Waals surface area contributed by atoms with Crippen molar-refractivity contribution in [2.75, 3.05) is 6.61 Å². The molecule has 5 heteroatoms. The molecule has 0 saturated carbocycles. The summed E-state index contributed by atoms with van der Waals surface area (Å²) in [5.41, 5.74) is 0.408. The van der Waals surface area contributed by atoms with Crippen LogP contribution in [0.5, 0.6) is 11.5 Å². The van der Waals surface area contributed by atoms with E-state index in [-0.39, 0.29) is 24.2 Å². The van der Waals surface area contributed by atoms with Crippen LogP contribution in [0.2, 0.25) is 0 Å². The summed E-state index contributed by atoms with van der Waals surface area (Å²) >= 11 is 0. The van der Waals surface area contributed by atoms with Gasteiger partial charge < -0.3 is 14.6 Å². The van der Waals surface area contributed by atoms with E-state index in [1.165, 1.54) is 25.7 Å². The zero-order chi connectivity index (χ0) is 24.2. The quantitative estimate of drug-likeness (QED) is 0.383. The molecule has 2 atom stereocenters. The lowest BCUT2D eigenvalue weighted by Gasteiger charge is -2.34. The molecular weight excluding hydrogens is 410 g/mol. The van der Waals surface area contributed by atoms with Crippen LogP contribution in [0, 0.1) is 5.92 Å². The summed E-state index contributed by atoms with van der Waals surface area (Å²) in [4.78, 5) is 0. The Labute approximate surface area is 193 Å². The maximum Gasteiger partial charge on any atom is 0.402 e. The number of rotatable bonds is 9. The summed E-state index contributed by atoms with van der Waals surface area (Å²) in [6.45, 7) is 13.9. The number of alkyl halides is 2. The predicted molar refractivity (Wildman–Crippen MR) is 127 cm³/mol. The van der Waals surface area contributed by atoms with Gasteiger partial charge in [0.2, 0.25) is 0 Å². The Morgan fingerprint density at radius 1 is 0.938 bits per heavy atom. The normalized spacial score (nSPS) is 20.4. The van der Waals surface area contributed by atoms with E-state index in [0.717, 1.165) is 12.8 Å². The van der Waals surface area contributed by atoms with E-state index in [0.29, 0.717) is 24.0 Å². The standard InChI is InChI=1S/C27H44F2O3/c1-8-9-10-11-12-13-20-15-14-19(18-31-20)27(28,29)32-21-16-22(25(2,3)4)24(30)23(17-21)26(5,6)7/h16-17,19-20,30H,8-15,18H2,1-7H3. The number of phenols is 1. The van der Waals surface area contributed by atoms with E-state index in [4.69, 9.17) is 9.47 Å². The van der Waals surface area contributed by atoms with Crippen molar-refractivity contribution in [2.24, 2.45) is 5.92 Å². The molecule has 1 N–H and O–H groups in total. The third-order valence-electron chi connectivity index (χ3n) is 6.43. The molecule has 1 aliphatic rings. The van der Waals surface area contributed by atoms with Gasteiger partial charge in [-0.05, 0) is 42.2 Å². The minimum atomic E-state index is -3.33. The van der Waals surface area contributed by atoms with Gasteiger partial charge in [-0.1, -0.05) is 80.6 Å². The Morgan fingerprint density at radius 3 is 1.97 bits per heavy atom. The zero-order valence-electron chi connectivity index (χ0n) is 21.2. The fourth-order valence-corrected chi connectivity index (χ4v) is 4.33. The molecule has 0 spiro atoms. The number of hydrogen-bond donors (Lipinski definition) is 1. The molecule has 2 rings (SSSR count). The van der Waals surface area contributed by atoms with Crippen molar-refractivity contribution in [3.8, 4) is 11.5 Å². The average Bonchev–Trinajstić information content (AvgIpc) is 2.67. The molecule has 1 heterocycles. The highest BCUT2D eigenvalue weighted by molar-refractivity contribution is 5.52. The molecule has 184 valence electrons. The van der Waals surface area contributed by atoms with Gasteiger partial charge in [0.15, 0.2) is 0 Å². The average molecular weight is 455 g/mol. The Balaban J connectivity index is 2.07. The van der Waals surface area contributed by atoms with Gasteiger partial charge in [-0.3, -0.25) is 0 Å². The molecule has 0 aromatic heterocycles. The Hall–Kier alpha value is -1.36. The van der Waals surface area contributed by atoms with Crippen molar-refractivity contribution in [1.82, 2.24) is 0 Å². The Bertz CT molecular complexity index is 688. The molecular formula is C27H44F2O3. The summed E-state index contributed by atoms with van der Waals surface area (Å²) < 4.78 is 41.3. The third kappa shape index (κ3) is 7.33. The van der Waals surface area contributed by atoms with Crippen LogP contribution in [0.15, 0.2) is 12.1 Å². The fourth-order valence-electron chi connectivity index (χ4n) is 4.33. The SMILES string of the molecule is CCCCCCCC1CCC(C(F)(F)Oc2cc(C(C)(C)C)c(O)c(C(C)(C)C)c2)CO1. The van der Waals surface area contributed by atoms with Crippen LogP contribution in [0.1, 0.15) is 111 Å². The van der Waals surface area contributed by atoms with Crippen LogP contribution in [0.3, 0.4) is 0 Å². The first kappa shape index (κ1) is 26.9. The van der Waals surface area contributed by atoms with Crippen molar-refractivity contribution < 1.29 is 23.4 Å². The molecule has 1 aliphatic heterocycles. The van der Waals surface area contributed by atoms with E-state index in [1.807, 2.05) is 41.5 Å². The molecule has 1 fully saturated rings. The highest BCUT2D eigenvalue weighted by Crippen LogP contribution is 2.44. The number of benzene rings is 1. The van der Waals surface area contributed by atoms with E-state index in [9.17, 15) is 5.11 Å². The number of halogens is 2. The second-order valence-electron chi connectivity index (χ2n) is 11.5. The fraction of sp³-hybridized carbons (Fsp3) is 0.778. The lowest BCUT2D eigenvalue weighted by atomic mass is 9.79. The molecule has 1 aromatic carbocycles. The topological polar surface area (TPSA) is 38.7 Å². The van der Waals surface area contributed by atoms with E-state index >= 15 is 8.78 Å². The Morgan fingerprint density at radius 2 is 1.50 bits per heavy atom. The van der Waals surface area contributed by atoms with Gasteiger partial charge in [-0.25, -0.2) is 0 Å². The van der Waals surface area contributed by atoms with Crippen molar-refractivity contribution in [1.29, 1.82) is 0 Å². The monoisotopic (exact) mass is 454 g/mol. The molecule has 0 aliphatic carbocycles. The van der Waals surface area contributed by atoms with Gasteiger partial charge in [-0.2, -0.15) is 8.78 Å². The molecule has 1 saturated heterocycles. The van der Waals surface area contributed by atoms with Gasteiger partial charge in [0.05, 0.1) is 18.6 Å². The maximum absolute atomic E-state index is 15.1. The molecule has 2 unspecified atom stereocenters. The van der Waals surface area contributed by atoms with Crippen LogP contribution in [0.25, 0.3) is 0 Å². The molecule has 0 bridgehead atoms. The summed E-state index contributed by atoms with van der Waals surface area (Å²) in [7, 11) is 0. The first-order chi connectivity index (χ1) is 14.8. The summed E-state index contributed by atoms with van der Waals surface area (Å²) in [5, 5.41) is 10.8. The second kappa shape index (κ2) is 10.7. The van der Waals surface area contributed by atoms with Crippen LogP contribution >= 0.6 is 0 Å². The smallest absolute Gasteiger partial charge is 0.402 e. The van der Waals surface area contributed by atoms with Crippen LogP contribution in [-0.2, 0) is 15.6 Å². The first-order valence-electron chi connectivity index (χ1n) is 12.3. The molecule has 0 radical (unpaired) electrons. The van der Waals surface area contributed by atoms with Crippen molar-refractivity contribution in [2.45, 2.75) is 123 Å². The Kier molecular flexibility index (Phi) is 9.00. The number of hydrogen-bond acceptors (Lipinski definition) is 3. The van der Waals surface area contributed by atoms with Crippen molar-refractivity contribution in [3.63, 3.8) is 0 Å². The van der Waals surface area contributed by atoms with Gasteiger partial charge in [0, 0.05) is 11.1 Å². The summed E-state index contributed by atoms with van der Waals surface area (Å²) in [5.74, 6) is -0.715. The van der Waals surface area contributed by atoms with Gasteiger partial charge >= 0.3 is 6.11 Å². The van der Waals surface area contributed by atoms with Crippen molar-refractivity contribution >= 4 is 0 Å². The minimum Gasteiger partial charge on any atom is -0.507 e. The van der Waals surface area contributed by atoms with Crippen LogP contribution in [0.4, 0.5) is 8.78 Å². The number of aromatic hydroxyl groups is 1.